The number of anilines is 1. The molecule has 1 unspecified atom stereocenters. The summed E-state index contributed by atoms with van der Waals surface area (Å²) in [6, 6.07) is 18.3. The standard InChI is InChI=1S/C25H16BrClN2O4S/c1-33-17-9-4-14(5-10-17)22(30)20-21(13-2-6-15(26)7-3-13)29(24(32)23(20)31)25-28-18-11-8-16(27)12-19(18)34-25/h2-12,21,30H,1H3/b22-20+. The first-order valence-electron chi connectivity index (χ1n) is 10.1. The molecule has 1 saturated heterocycles. The number of aliphatic hydroxyl groups excluding tert-OH is 1. The lowest BCUT2D eigenvalue weighted by Gasteiger charge is -2.23. The second kappa shape index (κ2) is 8.87. The number of carbonyl (C=O) groups is 2. The quantitative estimate of drug-likeness (QED) is 0.180. The number of hydrogen-bond donors (Lipinski definition) is 1. The van der Waals surface area contributed by atoms with Gasteiger partial charge in [0.1, 0.15) is 11.5 Å². The van der Waals surface area contributed by atoms with E-state index in [0.717, 1.165) is 9.17 Å². The van der Waals surface area contributed by atoms with E-state index >= 15 is 0 Å². The summed E-state index contributed by atoms with van der Waals surface area (Å²) in [5, 5.41) is 12.1. The summed E-state index contributed by atoms with van der Waals surface area (Å²) in [6.07, 6.45) is 0. The average Bonchev–Trinajstić information content (AvgIpc) is 3.37. The summed E-state index contributed by atoms with van der Waals surface area (Å²) < 4.78 is 6.81. The van der Waals surface area contributed by atoms with Crippen molar-refractivity contribution in [1.29, 1.82) is 0 Å². The van der Waals surface area contributed by atoms with Gasteiger partial charge in [0.05, 0.1) is 28.9 Å². The van der Waals surface area contributed by atoms with Crippen molar-refractivity contribution in [3.05, 3.63) is 92.9 Å². The van der Waals surface area contributed by atoms with E-state index in [1.54, 1.807) is 61.7 Å². The Balaban J connectivity index is 1.71. The van der Waals surface area contributed by atoms with E-state index < -0.39 is 17.7 Å². The third kappa shape index (κ3) is 3.87. The second-order valence-electron chi connectivity index (χ2n) is 7.56. The highest BCUT2D eigenvalue weighted by Gasteiger charge is 2.48. The number of ether oxygens (including phenoxy) is 1. The Morgan fingerprint density at radius 3 is 2.47 bits per heavy atom. The predicted octanol–water partition coefficient (Wildman–Crippen LogP) is 6.35. The zero-order valence-electron chi connectivity index (χ0n) is 17.7. The van der Waals surface area contributed by atoms with Crippen LogP contribution in [0.3, 0.4) is 0 Å². The monoisotopic (exact) mass is 554 g/mol. The zero-order valence-corrected chi connectivity index (χ0v) is 20.8. The number of hydrogen-bond acceptors (Lipinski definition) is 6. The van der Waals surface area contributed by atoms with Gasteiger partial charge in [0.2, 0.25) is 0 Å². The summed E-state index contributed by atoms with van der Waals surface area (Å²) in [5.41, 5.74) is 1.72. The lowest BCUT2D eigenvalue weighted by molar-refractivity contribution is -0.132. The summed E-state index contributed by atoms with van der Waals surface area (Å²) >= 11 is 10.8. The van der Waals surface area contributed by atoms with Crippen LogP contribution in [0.5, 0.6) is 5.75 Å². The SMILES string of the molecule is COc1ccc(/C(O)=C2\C(=O)C(=O)N(c3nc4ccc(Cl)cc4s3)C2c2ccc(Br)cc2)cc1. The van der Waals surface area contributed by atoms with E-state index in [1.165, 1.54) is 16.2 Å². The molecule has 3 aromatic carbocycles. The highest BCUT2D eigenvalue weighted by molar-refractivity contribution is 9.10. The van der Waals surface area contributed by atoms with Gasteiger partial charge in [0.15, 0.2) is 5.13 Å². The van der Waals surface area contributed by atoms with Crippen LogP contribution in [-0.4, -0.2) is 28.9 Å². The van der Waals surface area contributed by atoms with Crippen LogP contribution in [0.1, 0.15) is 17.2 Å². The average molecular weight is 556 g/mol. The smallest absolute Gasteiger partial charge is 0.301 e. The third-order valence-corrected chi connectivity index (χ3v) is 7.32. The van der Waals surface area contributed by atoms with Crippen molar-refractivity contribution < 1.29 is 19.4 Å². The minimum Gasteiger partial charge on any atom is -0.507 e. The molecule has 0 spiro atoms. The Hall–Kier alpha value is -3.20. The summed E-state index contributed by atoms with van der Waals surface area (Å²) in [7, 11) is 1.54. The molecular formula is C25H16BrClN2O4S. The van der Waals surface area contributed by atoms with Crippen LogP contribution in [-0.2, 0) is 9.59 Å². The number of rotatable bonds is 4. The number of fused-ring (bicyclic) bond motifs is 1. The fraction of sp³-hybridized carbons (Fsp3) is 0.0800. The van der Waals surface area contributed by atoms with E-state index in [0.29, 0.717) is 32.5 Å². The first-order valence-corrected chi connectivity index (χ1v) is 12.1. The summed E-state index contributed by atoms with van der Waals surface area (Å²) in [5.74, 6) is -1.19. The molecule has 4 aromatic rings. The molecule has 2 heterocycles. The van der Waals surface area contributed by atoms with E-state index in [-0.39, 0.29) is 11.3 Å². The molecule has 1 amide bonds. The maximum Gasteiger partial charge on any atom is 0.301 e. The zero-order chi connectivity index (χ0) is 24.0. The number of benzene rings is 3. The molecule has 6 nitrogen and oxygen atoms in total. The molecule has 1 aliphatic rings. The molecule has 0 saturated carbocycles. The number of methoxy groups -OCH3 is 1. The fourth-order valence-corrected chi connectivity index (χ4v) is 5.42. The van der Waals surface area contributed by atoms with Crippen LogP contribution in [0, 0.1) is 0 Å². The number of ketones is 1. The number of thiazole rings is 1. The van der Waals surface area contributed by atoms with Crippen LogP contribution < -0.4 is 9.64 Å². The molecule has 1 aromatic heterocycles. The number of nitrogens with zero attached hydrogens (tertiary/aromatic N) is 2. The predicted molar refractivity (Wildman–Crippen MR) is 137 cm³/mol. The number of Topliss-reactive ketones (excluding diaryl/α,β-unsaturated/α-hetero) is 1. The highest BCUT2D eigenvalue weighted by Crippen LogP contribution is 2.44. The van der Waals surface area contributed by atoms with E-state index in [2.05, 4.69) is 20.9 Å². The largest absolute Gasteiger partial charge is 0.507 e. The van der Waals surface area contributed by atoms with Gasteiger partial charge >= 0.3 is 5.91 Å². The van der Waals surface area contributed by atoms with Gasteiger partial charge in [-0.15, -0.1) is 0 Å². The molecule has 170 valence electrons. The van der Waals surface area contributed by atoms with Gasteiger partial charge in [-0.1, -0.05) is 51.0 Å². The van der Waals surface area contributed by atoms with Gasteiger partial charge in [-0.2, -0.15) is 0 Å². The Bertz CT molecular complexity index is 1460. The molecule has 1 aliphatic heterocycles. The number of carbonyl (C=O) groups excluding carboxylic acids is 2. The molecule has 0 aliphatic carbocycles. The van der Waals surface area contributed by atoms with Crippen LogP contribution in [0.25, 0.3) is 16.0 Å². The third-order valence-electron chi connectivity index (χ3n) is 5.54. The lowest BCUT2D eigenvalue weighted by atomic mass is 9.95. The first-order chi connectivity index (χ1) is 16.4. The van der Waals surface area contributed by atoms with Crippen molar-refractivity contribution in [3.63, 3.8) is 0 Å². The molecule has 1 N–H and O–H groups in total. The normalized spacial score (nSPS) is 17.5. The van der Waals surface area contributed by atoms with Gasteiger partial charge in [-0.3, -0.25) is 14.5 Å². The van der Waals surface area contributed by atoms with Gasteiger partial charge in [-0.25, -0.2) is 4.98 Å². The fourth-order valence-electron chi connectivity index (χ4n) is 3.88. The Morgan fingerprint density at radius 1 is 1.09 bits per heavy atom. The molecule has 1 fully saturated rings. The van der Waals surface area contributed by atoms with Crippen molar-refractivity contribution in [2.75, 3.05) is 12.0 Å². The second-order valence-corrected chi connectivity index (χ2v) is 9.92. The van der Waals surface area contributed by atoms with Crippen molar-refractivity contribution in [2.45, 2.75) is 6.04 Å². The number of halogens is 2. The van der Waals surface area contributed by atoms with Gasteiger partial charge < -0.3 is 9.84 Å². The van der Waals surface area contributed by atoms with E-state index in [1.807, 2.05) is 12.1 Å². The number of amides is 1. The molecule has 34 heavy (non-hydrogen) atoms. The van der Waals surface area contributed by atoms with Crippen LogP contribution >= 0.6 is 38.9 Å². The molecule has 9 heteroatoms. The number of aromatic nitrogens is 1. The van der Waals surface area contributed by atoms with Crippen LogP contribution in [0.2, 0.25) is 5.02 Å². The Labute approximate surface area is 212 Å². The minimum absolute atomic E-state index is 0.00484. The summed E-state index contributed by atoms with van der Waals surface area (Å²) in [4.78, 5) is 32.5. The van der Waals surface area contributed by atoms with Crippen molar-refractivity contribution in [1.82, 2.24) is 4.98 Å². The van der Waals surface area contributed by atoms with E-state index in [4.69, 9.17) is 16.3 Å². The van der Waals surface area contributed by atoms with Crippen LogP contribution in [0.15, 0.2) is 76.8 Å². The van der Waals surface area contributed by atoms with Gasteiger partial charge in [0, 0.05) is 15.1 Å². The minimum atomic E-state index is -0.855. The molecular weight excluding hydrogens is 540 g/mol. The first kappa shape index (κ1) is 22.6. The highest BCUT2D eigenvalue weighted by atomic mass is 79.9. The van der Waals surface area contributed by atoms with Crippen molar-refractivity contribution in [3.8, 4) is 5.75 Å². The molecule has 5 rings (SSSR count). The maximum absolute atomic E-state index is 13.3. The van der Waals surface area contributed by atoms with Gasteiger partial charge in [0.25, 0.3) is 5.78 Å². The maximum atomic E-state index is 13.3. The van der Waals surface area contributed by atoms with E-state index in [9.17, 15) is 14.7 Å². The molecule has 0 bridgehead atoms. The van der Waals surface area contributed by atoms with Crippen molar-refractivity contribution in [2.24, 2.45) is 0 Å². The Morgan fingerprint density at radius 2 is 1.79 bits per heavy atom. The number of aliphatic hydroxyl groups is 1. The molecule has 0 radical (unpaired) electrons. The topological polar surface area (TPSA) is 79.7 Å². The Kier molecular flexibility index (Phi) is 5.89. The van der Waals surface area contributed by atoms with Gasteiger partial charge in [-0.05, 0) is 60.2 Å². The summed E-state index contributed by atoms with van der Waals surface area (Å²) in [6.45, 7) is 0. The lowest BCUT2D eigenvalue weighted by Crippen LogP contribution is -2.29. The molecule has 1 atom stereocenters. The van der Waals surface area contributed by atoms with Crippen molar-refractivity contribution >= 4 is 71.7 Å². The van der Waals surface area contributed by atoms with Crippen LogP contribution in [0.4, 0.5) is 5.13 Å².